The molecule has 0 heterocycles. The highest BCUT2D eigenvalue weighted by Gasteiger charge is 2.13. The molecule has 0 atom stereocenters. The summed E-state index contributed by atoms with van der Waals surface area (Å²) >= 11 is 19.2. The summed E-state index contributed by atoms with van der Waals surface area (Å²) in [6.07, 6.45) is 0. The van der Waals surface area contributed by atoms with E-state index in [1.54, 1.807) is 19.2 Å². The maximum Gasteiger partial charge on any atom is 0.175 e. The van der Waals surface area contributed by atoms with Gasteiger partial charge in [0.1, 0.15) is 6.61 Å². The summed E-state index contributed by atoms with van der Waals surface area (Å²) in [6, 6.07) is 17.3. The van der Waals surface area contributed by atoms with Gasteiger partial charge >= 0.3 is 0 Å². The average molecular weight is 546 g/mol. The average Bonchev–Trinajstić information content (AvgIpc) is 2.67. The topological polar surface area (TPSA) is 30.5 Å². The molecular weight excluding hydrogens is 529 g/mol. The molecule has 7 heteroatoms. The van der Waals surface area contributed by atoms with E-state index < -0.39 is 0 Å². The molecule has 0 bridgehead atoms. The van der Waals surface area contributed by atoms with E-state index in [2.05, 4.69) is 37.2 Å². The Kier molecular flexibility index (Phi) is 7.52. The molecule has 0 aliphatic heterocycles. The fourth-order valence-corrected chi connectivity index (χ4v) is 3.91. The number of hydrogen-bond acceptors (Lipinski definition) is 3. The molecule has 0 spiro atoms. The van der Waals surface area contributed by atoms with Gasteiger partial charge in [-0.3, -0.25) is 0 Å². The lowest BCUT2D eigenvalue weighted by Gasteiger charge is -2.16. The Labute approximate surface area is 191 Å². The second-order valence-corrected chi connectivity index (χ2v) is 8.61. The minimum Gasteiger partial charge on any atom is -0.493 e. The van der Waals surface area contributed by atoms with Gasteiger partial charge in [-0.15, -0.1) is 0 Å². The lowest BCUT2D eigenvalue weighted by molar-refractivity contribution is 0.282. The number of methoxy groups -OCH3 is 1. The summed E-state index contributed by atoms with van der Waals surface area (Å²) < 4.78 is 13.4. The molecular formula is C21H17Br2Cl2NO2. The Morgan fingerprint density at radius 2 is 1.71 bits per heavy atom. The van der Waals surface area contributed by atoms with Gasteiger partial charge in [-0.2, -0.15) is 0 Å². The van der Waals surface area contributed by atoms with Crippen LogP contribution in [0.5, 0.6) is 11.5 Å². The second-order valence-electron chi connectivity index (χ2n) is 5.99. The fraction of sp³-hybridized carbons (Fsp3) is 0.143. The first-order valence-electron chi connectivity index (χ1n) is 8.39. The maximum atomic E-state index is 6.23. The molecule has 3 aromatic rings. The normalized spacial score (nSPS) is 10.6. The Morgan fingerprint density at radius 3 is 2.39 bits per heavy atom. The van der Waals surface area contributed by atoms with Crippen LogP contribution in [0.4, 0.5) is 5.69 Å². The number of benzene rings is 3. The van der Waals surface area contributed by atoms with Crippen LogP contribution in [0.25, 0.3) is 0 Å². The molecule has 0 saturated heterocycles. The fourth-order valence-electron chi connectivity index (χ4n) is 2.58. The molecule has 0 aromatic heterocycles. The van der Waals surface area contributed by atoms with Gasteiger partial charge in [0.15, 0.2) is 11.5 Å². The van der Waals surface area contributed by atoms with Crippen LogP contribution in [0.15, 0.2) is 63.5 Å². The first-order chi connectivity index (χ1) is 13.5. The highest BCUT2D eigenvalue weighted by atomic mass is 79.9. The molecule has 1 N–H and O–H groups in total. The van der Waals surface area contributed by atoms with Gasteiger partial charge in [0.25, 0.3) is 0 Å². The number of rotatable bonds is 7. The van der Waals surface area contributed by atoms with Crippen molar-refractivity contribution >= 4 is 60.7 Å². The first-order valence-corrected chi connectivity index (χ1v) is 10.7. The van der Waals surface area contributed by atoms with E-state index in [4.69, 9.17) is 32.7 Å². The summed E-state index contributed by atoms with van der Waals surface area (Å²) in [6.45, 7) is 0.960. The van der Waals surface area contributed by atoms with Crippen LogP contribution in [0.1, 0.15) is 11.1 Å². The van der Waals surface area contributed by atoms with Crippen LogP contribution in [0.2, 0.25) is 10.0 Å². The van der Waals surface area contributed by atoms with Gasteiger partial charge < -0.3 is 14.8 Å². The van der Waals surface area contributed by atoms with Crippen molar-refractivity contribution in [2.45, 2.75) is 13.2 Å². The van der Waals surface area contributed by atoms with Crippen molar-refractivity contribution in [3.05, 3.63) is 84.7 Å². The van der Waals surface area contributed by atoms with Gasteiger partial charge in [0.2, 0.25) is 0 Å². The zero-order valence-corrected chi connectivity index (χ0v) is 19.6. The van der Waals surface area contributed by atoms with Crippen molar-refractivity contribution in [1.29, 1.82) is 0 Å². The number of anilines is 1. The van der Waals surface area contributed by atoms with E-state index >= 15 is 0 Å². The number of ether oxygens (including phenoxy) is 2. The van der Waals surface area contributed by atoms with Crippen LogP contribution in [0, 0.1) is 0 Å². The molecule has 0 radical (unpaired) electrons. The molecule has 28 heavy (non-hydrogen) atoms. The zero-order chi connectivity index (χ0) is 20.1. The molecule has 0 aliphatic carbocycles. The van der Waals surface area contributed by atoms with Crippen LogP contribution in [-0.2, 0) is 13.2 Å². The molecule has 0 fully saturated rings. The van der Waals surface area contributed by atoms with Crippen molar-refractivity contribution in [2.75, 3.05) is 12.4 Å². The first kappa shape index (κ1) is 21.3. The van der Waals surface area contributed by atoms with Gasteiger partial charge in [0.05, 0.1) is 11.6 Å². The summed E-state index contributed by atoms with van der Waals surface area (Å²) in [5, 5.41) is 4.55. The zero-order valence-electron chi connectivity index (χ0n) is 14.9. The standard InChI is InChI=1S/C21H17Br2Cl2NO2/c1-27-20-9-13(11-26-17-6-3-15(22)4-7-17)8-18(23)21(20)28-12-14-2-5-16(24)10-19(14)25/h2-10,26H,11-12H2,1H3. The maximum absolute atomic E-state index is 6.23. The number of hydrogen-bond donors (Lipinski definition) is 1. The Balaban J connectivity index is 1.72. The van der Waals surface area contributed by atoms with Gasteiger partial charge in [-0.25, -0.2) is 0 Å². The summed E-state index contributed by atoms with van der Waals surface area (Å²) in [5.74, 6) is 1.27. The molecule has 0 amide bonds. The predicted octanol–water partition coefficient (Wildman–Crippen LogP) is 7.72. The number of nitrogens with one attached hydrogen (secondary N) is 1. The van der Waals surface area contributed by atoms with Crippen LogP contribution < -0.4 is 14.8 Å². The van der Waals surface area contributed by atoms with Crippen LogP contribution in [-0.4, -0.2) is 7.11 Å². The van der Waals surface area contributed by atoms with E-state index in [-0.39, 0.29) is 0 Å². The molecule has 3 aromatic carbocycles. The molecule has 3 nitrogen and oxygen atoms in total. The van der Waals surface area contributed by atoms with Gasteiger partial charge in [-0.05, 0) is 70.0 Å². The van der Waals surface area contributed by atoms with E-state index in [0.717, 1.165) is 25.8 Å². The minimum absolute atomic E-state index is 0.307. The van der Waals surface area contributed by atoms with Crippen LogP contribution in [0.3, 0.4) is 0 Å². The number of halogens is 4. The van der Waals surface area contributed by atoms with Gasteiger partial charge in [0, 0.05) is 32.3 Å². The Hall–Kier alpha value is -1.40. The third-order valence-electron chi connectivity index (χ3n) is 4.02. The Bertz CT molecular complexity index is 965. The molecule has 0 unspecified atom stereocenters. The molecule has 146 valence electrons. The highest BCUT2D eigenvalue weighted by molar-refractivity contribution is 9.10. The van der Waals surface area contributed by atoms with Crippen molar-refractivity contribution in [2.24, 2.45) is 0 Å². The van der Waals surface area contributed by atoms with Crippen molar-refractivity contribution < 1.29 is 9.47 Å². The smallest absolute Gasteiger partial charge is 0.175 e. The second kappa shape index (κ2) is 9.88. The predicted molar refractivity (Wildman–Crippen MR) is 123 cm³/mol. The highest BCUT2D eigenvalue weighted by Crippen LogP contribution is 2.38. The van der Waals surface area contributed by atoms with E-state index in [0.29, 0.717) is 34.7 Å². The lowest BCUT2D eigenvalue weighted by atomic mass is 10.2. The van der Waals surface area contributed by atoms with Crippen molar-refractivity contribution in [3.63, 3.8) is 0 Å². The monoisotopic (exact) mass is 543 g/mol. The quantitative estimate of drug-likeness (QED) is 0.330. The summed E-state index contributed by atoms with van der Waals surface area (Å²) in [5.41, 5.74) is 2.94. The van der Waals surface area contributed by atoms with Crippen molar-refractivity contribution in [1.82, 2.24) is 0 Å². The largest absolute Gasteiger partial charge is 0.493 e. The summed E-state index contributed by atoms with van der Waals surface area (Å²) in [7, 11) is 1.62. The van der Waals surface area contributed by atoms with Gasteiger partial charge in [-0.1, -0.05) is 45.2 Å². The Morgan fingerprint density at radius 1 is 0.964 bits per heavy atom. The molecule has 0 saturated carbocycles. The third kappa shape index (κ3) is 5.57. The summed E-state index contributed by atoms with van der Waals surface area (Å²) in [4.78, 5) is 0. The van der Waals surface area contributed by atoms with E-state index in [9.17, 15) is 0 Å². The van der Waals surface area contributed by atoms with Crippen molar-refractivity contribution in [3.8, 4) is 11.5 Å². The lowest BCUT2D eigenvalue weighted by Crippen LogP contribution is -2.03. The molecule has 3 rings (SSSR count). The third-order valence-corrected chi connectivity index (χ3v) is 5.72. The van der Waals surface area contributed by atoms with E-state index in [1.807, 2.05) is 42.5 Å². The SMILES string of the molecule is COc1cc(CNc2ccc(Br)cc2)cc(Br)c1OCc1ccc(Cl)cc1Cl. The van der Waals surface area contributed by atoms with E-state index in [1.165, 1.54) is 0 Å². The minimum atomic E-state index is 0.307. The van der Waals surface area contributed by atoms with Crippen LogP contribution >= 0.6 is 55.1 Å². The molecule has 0 aliphatic rings.